The average Bonchev–Trinajstić information content (AvgIpc) is 3.07. The van der Waals surface area contributed by atoms with E-state index in [0.717, 1.165) is 26.1 Å². The molecule has 5 nitrogen and oxygen atoms in total. The normalized spacial score (nSPS) is 18.4. The van der Waals surface area contributed by atoms with E-state index in [2.05, 4.69) is 11.1 Å². The van der Waals surface area contributed by atoms with Crippen LogP contribution in [-0.2, 0) is 16.1 Å². The number of carbonyl (C=O) groups excluding carboxylic acids is 1. The van der Waals surface area contributed by atoms with Gasteiger partial charge in [0.05, 0.1) is 0 Å². The van der Waals surface area contributed by atoms with Gasteiger partial charge >= 0.3 is 0 Å². The molecule has 19 heavy (non-hydrogen) atoms. The molecular weight excluding hydrogens is 246 g/mol. The van der Waals surface area contributed by atoms with Gasteiger partial charge < -0.3 is 14.0 Å². The van der Waals surface area contributed by atoms with Gasteiger partial charge in [-0.05, 0) is 18.8 Å². The number of carbonyl (C=O) groups is 1. The lowest BCUT2D eigenvalue weighted by Crippen LogP contribution is -2.05. The molecule has 1 aliphatic heterocycles. The van der Waals surface area contributed by atoms with E-state index in [-0.39, 0.29) is 19.0 Å². The van der Waals surface area contributed by atoms with E-state index in [1.165, 1.54) is 0 Å². The zero-order chi connectivity index (χ0) is 13.5. The fourth-order valence-corrected chi connectivity index (χ4v) is 2.00. The maximum Gasteiger partial charge on any atom is 0.184 e. The van der Waals surface area contributed by atoms with Crippen LogP contribution in [0, 0.1) is 18.3 Å². The van der Waals surface area contributed by atoms with Gasteiger partial charge in [0.25, 0.3) is 0 Å². The second kappa shape index (κ2) is 7.07. The summed E-state index contributed by atoms with van der Waals surface area (Å²) in [7, 11) is 0. The number of nitrogens with zero attached hydrogens (tertiary/aromatic N) is 1. The fourth-order valence-electron chi connectivity index (χ4n) is 2.00. The number of ketones is 1. The molecule has 5 heteroatoms. The summed E-state index contributed by atoms with van der Waals surface area (Å²) in [6.45, 7) is 2.02. The molecular formula is C14H17NO4. The molecule has 1 saturated heterocycles. The van der Waals surface area contributed by atoms with E-state index in [1.54, 1.807) is 6.07 Å². The first-order valence-electron chi connectivity index (χ1n) is 6.37. The first-order valence-corrected chi connectivity index (χ1v) is 6.37. The fraction of sp³-hybridized carbons (Fsp3) is 0.571. The Kier molecular flexibility index (Phi) is 5.13. The van der Waals surface area contributed by atoms with Crippen molar-refractivity contribution in [3.8, 4) is 12.3 Å². The molecule has 1 aromatic heterocycles. The molecule has 0 radical (unpaired) electrons. The van der Waals surface area contributed by atoms with E-state index in [0.29, 0.717) is 23.8 Å². The Labute approximate surface area is 112 Å². The summed E-state index contributed by atoms with van der Waals surface area (Å²) < 4.78 is 15.4. The van der Waals surface area contributed by atoms with Gasteiger partial charge in [0.2, 0.25) is 0 Å². The summed E-state index contributed by atoms with van der Waals surface area (Å²) in [4.78, 5) is 11.9. The van der Waals surface area contributed by atoms with Crippen LogP contribution in [0.25, 0.3) is 0 Å². The van der Waals surface area contributed by atoms with Crippen LogP contribution in [0.15, 0.2) is 10.6 Å². The van der Waals surface area contributed by atoms with Crippen LogP contribution in [0.2, 0.25) is 0 Å². The minimum absolute atomic E-state index is 0.00106. The monoisotopic (exact) mass is 263 g/mol. The zero-order valence-corrected chi connectivity index (χ0v) is 10.8. The summed E-state index contributed by atoms with van der Waals surface area (Å²) in [5.74, 6) is 3.37. The van der Waals surface area contributed by atoms with E-state index in [9.17, 15) is 4.79 Å². The van der Waals surface area contributed by atoms with Crippen molar-refractivity contribution in [2.24, 2.45) is 5.92 Å². The van der Waals surface area contributed by atoms with Crippen molar-refractivity contribution in [1.82, 2.24) is 5.16 Å². The topological polar surface area (TPSA) is 61.6 Å². The quantitative estimate of drug-likeness (QED) is 0.426. The van der Waals surface area contributed by atoms with E-state index in [4.69, 9.17) is 20.4 Å². The zero-order valence-electron chi connectivity index (χ0n) is 10.8. The number of rotatable bonds is 7. The predicted molar refractivity (Wildman–Crippen MR) is 67.5 cm³/mol. The maximum absolute atomic E-state index is 11.9. The lowest BCUT2D eigenvalue weighted by Gasteiger charge is -2.04. The Bertz CT molecular complexity index is 454. The van der Waals surface area contributed by atoms with Gasteiger partial charge in [-0.15, -0.1) is 6.42 Å². The van der Waals surface area contributed by atoms with Crippen molar-refractivity contribution in [3.63, 3.8) is 0 Å². The average molecular weight is 263 g/mol. The Morgan fingerprint density at radius 3 is 3.26 bits per heavy atom. The molecule has 1 unspecified atom stereocenters. The van der Waals surface area contributed by atoms with Crippen LogP contribution >= 0.6 is 0 Å². The van der Waals surface area contributed by atoms with Crippen molar-refractivity contribution in [2.75, 3.05) is 19.8 Å². The van der Waals surface area contributed by atoms with Crippen LogP contribution in [0.1, 0.15) is 35.5 Å². The molecule has 1 fully saturated rings. The second-order valence-corrected chi connectivity index (χ2v) is 4.57. The van der Waals surface area contributed by atoms with E-state index < -0.39 is 0 Å². The highest BCUT2D eigenvalue weighted by atomic mass is 16.5. The van der Waals surface area contributed by atoms with Gasteiger partial charge in [-0.3, -0.25) is 4.79 Å². The molecule has 0 saturated carbocycles. The van der Waals surface area contributed by atoms with Crippen molar-refractivity contribution >= 4 is 5.78 Å². The Hall–Kier alpha value is -1.64. The third kappa shape index (κ3) is 4.19. The van der Waals surface area contributed by atoms with Crippen LogP contribution in [0.5, 0.6) is 0 Å². The van der Waals surface area contributed by atoms with Gasteiger partial charge in [-0.2, -0.15) is 0 Å². The predicted octanol–water partition coefficient (Wildman–Crippen LogP) is 1.82. The number of hydrogen-bond acceptors (Lipinski definition) is 5. The number of aromatic nitrogens is 1. The summed E-state index contributed by atoms with van der Waals surface area (Å²) in [5.41, 5.74) is 0.359. The summed E-state index contributed by atoms with van der Waals surface area (Å²) >= 11 is 0. The van der Waals surface area contributed by atoms with Gasteiger partial charge in [-0.25, -0.2) is 0 Å². The van der Waals surface area contributed by atoms with Crippen molar-refractivity contribution in [1.29, 1.82) is 0 Å². The molecule has 0 amide bonds. The molecule has 0 N–H and O–H groups in total. The minimum Gasteiger partial charge on any atom is -0.381 e. The smallest absolute Gasteiger partial charge is 0.184 e. The minimum atomic E-state index is -0.00106. The Morgan fingerprint density at radius 2 is 2.53 bits per heavy atom. The van der Waals surface area contributed by atoms with Crippen LogP contribution in [-0.4, -0.2) is 30.8 Å². The van der Waals surface area contributed by atoms with Crippen LogP contribution in [0.4, 0.5) is 0 Å². The Morgan fingerprint density at radius 1 is 1.63 bits per heavy atom. The van der Waals surface area contributed by atoms with E-state index in [1.807, 2.05) is 0 Å². The number of Topliss-reactive ketones (excluding diaryl/α,β-unsaturated/α-hetero) is 1. The second-order valence-electron chi connectivity index (χ2n) is 4.57. The molecule has 2 heterocycles. The lowest BCUT2D eigenvalue weighted by molar-refractivity contribution is 0.0961. The molecule has 0 aromatic carbocycles. The number of ether oxygens (including phenoxy) is 2. The molecule has 1 aliphatic rings. The first-order chi connectivity index (χ1) is 9.29. The lowest BCUT2D eigenvalue weighted by atomic mass is 10.00. The summed E-state index contributed by atoms with van der Waals surface area (Å²) in [5, 5.41) is 3.75. The van der Waals surface area contributed by atoms with E-state index >= 15 is 0 Å². The molecule has 1 atom stereocenters. The third-order valence-corrected chi connectivity index (χ3v) is 3.08. The standard InChI is InChI=1S/C14H17NO4/c1-2-6-17-10-12-8-13(15-19-12)14(16)4-3-11-5-7-18-9-11/h1,8,11H,3-7,9-10H2. The molecule has 0 bridgehead atoms. The summed E-state index contributed by atoms with van der Waals surface area (Å²) in [6, 6.07) is 1.62. The van der Waals surface area contributed by atoms with Gasteiger partial charge in [0, 0.05) is 25.7 Å². The molecule has 0 spiro atoms. The van der Waals surface area contributed by atoms with Crippen LogP contribution in [0.3, 0.4) is 0 Å². The number of terminal acetylenes is 1. The molecule has 102 valence electrons. The maximum atomic E-state index is 11.9. The highest BCUT2D eigenvalue weighted by molar-refractivity contribution is 5.94. The van der Waals surface area contributed by atoms with Crippen molar-refractivity contribution in [2.45, 2.75) is 25.9 Å². The largest absolute Gasteiger partial charge is 0.381 e. The van der Waals surface area contributed by atoms with Crippen LogP contribution < -0.4 is 0 Å². The highest BCUT2D eigenvalue weighted by Gasteiger charge is 2.19. The van der Waals surface area contributed by atoms with Crippen molar-refractivity contribution in [3.05, 3.63) is 17.5 Å². The van der Waals surface area contributed by atoms with Gasteiger partial charge in [0.1, 0.15) is 18.9 Å². The molecule has 2 rings (SSSR count). The first kappa shape index (κ1) is 13.8. The summed E-state index contributed by atoms with van der Waals surface area (Å²) in [6.07, 6.45) is 7.42. The molecule has 1 aromatic rings. The van der Waals surface area contributed by atoms with Gasteiger partial charge in [-0.1, -0.05) is 11.1 Å². The third-order valence-electron chi connectivity index (χ3n) is 3.08. The molecule has 0 aliphatic carbocycles. The van der Waals surface area contributed by atoms with Gasteiger partial charge in [0.15, 0.2) is 11.5 Å². The SMILES string of the molecule is C#CCOCc1cc(C(=O)CCC2CCOC2)no1. The van der Waals surface area contributed by atoms with Crippen molar-refractivity contribution < 1.29 is 18.8 Å². The highest BCUT2D eigenvalue weighted by Crippen LogP contribution is 2.19. The number of hydrogen-bond donors (Lipinski definition) is 0. The Balaban J connectivity index is 1.77.